The highest BCUT2D eigenvalue weighted by Gasteiger charge is 2.24. The van der Waals surface area contributed by atoms with Crippen LogP contribution >= 0.6 is 0 Å². The average molecular weight is 279 g/mol. The number of benzene rings is 1. The number of halogens is 1. The minimum Gasteiger partial charge on any atom is -0.444 e. The zero-order valence-electron chi connectivity index (χ0n) is 12.2. The fraction of sp³-hybridized carbons (Fsp3) is 0.438. The predicted molar refractivity (Wildman–Crippen MR) is 78.4 cm³/mol. The van der Waals surface area contributed by atoms with Crippen molar-refractivity contribution >= 4 is 6.09 Å². The van der Waals surface area contributed by atoms with Gasteiger partial charge in [0.1, 0.15) is 11.8 Å². The number of amides is 1. The van der Waals surface area contributed by atoms with Crippen molar-refractivity contribution in [1.29, 1.82) is 0 Å². The monoisotopic (exact) mass is 279 g/mol. The number of nitrogens with one attached hydrogen (secondary N) is 1. The third-order valence-electron chi connectivity index (χ3n) is 2.61. The highest BCUT2D eigenvalue weighted by Crippen LogP contribution is 2.12. The lowest BCUT2D eigenvalue weighted by Crippen LogP contribution is -2.44. The van der Waals surface area contributed by atoms with Crippen LogP contribution in [0.25, 0.3) is 0 Å². The van der Waals surface area contributed by atoms with E-state index < -0.39 is 23.9 Å². The van der Waals surface area contributed by atoms with Crippen molar-refractivity contribution in [2.75, 3.05) is 0 Å². The largest absolute Gasteiger partial charge is 0.444 e. The second-order valence-corrected chi connectivity index (χ2v) is 5.62. The summed E-state index contributed by atoms with van der Waals surface area (Å²) in [5.74, 6) is 0. The summed E-state index contributed by atoms with van der Waals surface area (Å²) in [4.78, 5) is 11.7. The third kappa shape index (κ3) is 5.87. The van der Waals surface area contributed by atoms with Crippen molar-refractivity contribution in [1.82, 2.24) is 5.32 Å². The van der Waals surface area contributed by atoms with Gasteiger partial charge in [-0.2, -0.15) is 0 Å². The van der Waals surface area contributed by atoms with E-state index in [2.05, 4.69) is 11.9 Å². The molecule has 0 aliphatic carbocycles. The molecule has 0 saturated carbocycles. The van der Waals surface area contributed by atoms with Crippen molar-refractivity contribution < 1.29 is 13.9 Å². The fourth-order valence-electron chi connectivity index (χ4n) is 1.73. The molecule has 0 radical (unpaired) electrons. The fourth-order valence-corrected chi connectivity index (χ4v) is 1.73. The SMILES string of the molecule is C=CC(F)[C@H](Cc1ccccc1)NC(=O)OC(C)(C)C. The van der Waals surface area contributed by atoms with Crippen LogP contribution in [0, 0.1) is 0 Å². The van der Waals surface area contributed by atoms with E-state index >= 15 is 0 Å². The van der Waals surface area contributed by atoms with E-state index in [9.17, 15) is 9.18 Å². The lowest BCUT2D eigenvalue weighted by atomic mass is 10.0. The van der Waals surface area contributed by atoms with Gasteiger partial charge in [-0.25, -0.2) is 9.18 Å². The standard InChI is InChI=1S/C16H22FNO2/c1-5-13(17)14(11-12-9-7-6-8-10-12)18-15(19)20-16(2,3)4/h5-10,13-14H,1,11H2,2-4H3,(H,18,19)/t13?,14-/m0/s1. The molecular formula is C16H22FNO2. The molecule has 0 fully saturated rings. The molecular weight excluding hydrogens is 257 g/mol. The maximum Gasteiger partial charge on any atom is 0.407 e. The van der Waals surface area contributed by atoms with Gasteiger partial charge >= 0.3 is 6.09 Å². The summed E-state index contributed by atoms with van der Waals surface area (Å²) in [6.07, 6.45) is -0.385. The Morgan fingerprint density at radius 3 is 2.50 bits per heavy atom. The lowest BCUT2D eigenvalue weighted by Gasteiger charge is -2.24. The molecule has 1 aromatic rings. The summed E-state index contributed by atoms with van der Waals surface area (Å²) in [6.45, 7) is 8.73. The molecule has 1 rings (SSSR count). The van der Waals surface area contributed by atoms with E-state index in [-0.39, 0.29) is 0 Å². The molecule has 0 bridgehead atoms. The molecule has 110 valence electrons. The van der Waals surface area contributed by atoms with Gasteiger partial charge in [0.25, 0.3) is 0 Å². The maximum atomic E-state index is 13.9. The van der Waals surface area contributed by atoms with Crippen molar-refractivity contribution in [3.05, 3.63) is 48.6 Å². The van der Waals surface area contributed by atoms with E-state index in [1.165, 1.54) is 6.08 Å². The second kappa shape index (κ2) is 7.08. The highest BCUT2D eigenvalue weighted by atomic mass is 19.1. The Labute approximate surface area is 119 Å². The van der Waals surface area contributed by atoms with Crippen molar-refractivity contribution in [2.45, 2.75) is 45.0 Å². The van der Waals surface area contributed by atoms with Gasteiger partial charge in [0, 0.05) is 0 Å². The van der Waals surface area contributed by atoms with Gasteiger partial charge in [0.2, 0.25) is 0 Å². The molecule has 1 aromatic carbocycles. The van der Waals surface area contributed by atoms with Crippen LogP contribution in [0.2, 0.25) is 0 Å². The molecule has 0 saturated heterocycles. The Morgan fingerprint density at radius 1 is 1.40 bits per heavy atom. The van der Waals surface area contributed by atoms with Crippen molar-refractivity contribution in [3.63, 3.8) is 0 Å². The molecule has 1 N–H and O–H groups in total. The number of rotatable bonds is 5. The first-order chi connectivity index (χ1) is 9.31. The van der Waals surface area contributed by atoms with Gasteiger partial charge in [0.15, 0.2) is 0 Å². The smallest absolute Gasteiger partial charge is 0.407 e. The molecule has 20 heavy (non-hydrogen) atoms. The minimum atomic E-state index is -1.33. The van der Waals surface area contributed by atoms with E-state index in [0.29, 0.717) is 6.42 Å². The van der Waals surface area contributed by atoms with Crippen LogP contribution in [-0.2, 0) is 11.2 Å². The van der Waals surface area contributed by atoms with E-state index in [4.69, 9.17) is 4.74 Å². The number of hydrogen-bond donors (Lipinski definition) is 1. The van der Waals surface area contributed by atoms with E-state index in [0.717, 1.165) is 5.56 Å². The molecule has 0 spiro atoms. The van der Waals surface area contributed by atoms with Gasteiger partial charge in [-0.05, 0) is 32.8 Å². The first-order valence-corrected chi connectivity index (χ1v) is 6.62. The van der Waals surface area contributed by atoms with Crippen LogP contribution in [0.4, 0.5) is 9.18 Å². The number of alkyl carbamates (subject to hydrolysis) is 1. The summed E-state index contributed by atoms with van der Waals surface area (Å²) in [7, 11) is 0. The van der Waals surface area contributed by atoms with Crippen LogP contribution < -0.4 is 5.32 Å². The Balaban J connectivity index is 2.70. The summed E-state index contributed by atoms with van der Waals surface area (Å²) in [6, 6.07) is 8.73. The predicted octanol–water partition coefficient (Wildman–Crippen LogP) is 3.65. The molecule has 2 atom stereocenters. The molecule has 3 nitrogen and oxygen atoms in total. The number of alkyl halides is 1. The molecule has 1 amide bonds. The number of carbonyl (C=O) groups excluding carboxylic acids is 1. The third-order valence-corrected chi connectivity index (χ3v) is 2.61. The maximum absolute atomic E-state index is 13.9. The zero-order chi connectivity index (χ0) is 15.2. The first kappa shape index (κ1) is 16.2. The molecule has 0 aliphatic rings. The first-order valence-electron chi connectivity index (χ1n) is 6.62. The summed E-state index contributed by atoms with van der Waals surface area (Å²) < 4.78 is 19.0. The number of carbonyl (C=O) groups is 1. The molecule has 4 heteroatoms. The van der Waals surface area contributed by atoms with Crippen LogP contribution in [0.5, 0.6) is 0 Å². The molecule has 0 heterocycles. The van der Waals surface area contributed by atoms with Gasteiger partial charge in [-0.15, -0.1) is 6.58 Å². The highest BCUT2D eigenvalue weighted by molar-refractivity contribution is 5.68. The lowest BCUT2D eigenvalue weighted by molar-refractivity contribution is 0.0484. The molecule has 1 unspecified atom stereocenters. The summed E-state index contributed by atoms with van der Waals surface area (Å²) in [5, 5.41) is 2.57. The van der Waals surface area contributed by atoms with Crippen LogP contribution in [-0.4, -0.2) is 23.9 Å². The Hall–Kier alpha value is -1.84. The zero-order valence-corrected chi connectivity index (χ0v) is 12.2. The van der Waals surface area contributed by atoms with Gasteiger partial charge in [-0.1, -0.05) is 36.4 Å². The Kier molecular flexibility index (Phi) is 5.74. The topological polar surface area (TPSA) is 38.3 Å². The van der Waals surface area contributed by atoms with Crippen molar-refractivity contribution in [2.24, 2.45) is 0 Å². The average Bonchev–Trinajstić information content (AvgIpc) is 2.36. The summed E-state index contributed by atoms with van der Waals surface area (Å²) in [5.41, 5.74) is 0.333. The van der Waals surface area contributed by atoms with E-state index in [1.54, 1.807) is 20.8 Å². The second-order valence-electron chi connectivity index (χ2n) is 5.62. The van der Waals surface area contributed by atoms with E-state index in [1.807, 2.05) is 30.3 Å². The van der Waals surface area contributed by atoms with Gasteiger partial charge in [-0.3, -0.25) is 0 Å². The number of hydrogen-bond acceptors (Lipinski definition) is 2. The minimum absolute atomic E-state index is 0.382. The molecule has 0 aromatic heterocycles. The van der Waals surface area contributed by atoms with Crippen LogP contribution in [0.1, 0.15) is 26.3 Å². The van der Waals surface area contributed by atoms with Gasteiger partial charge in [0.05, 0.1) is 6.04 Å². The van der Waals surface area contributed by atoms with Crippen LogP contribution in [0.3, 0.4) is 0 Å². The van der Waals surface area contributed by atoms with Gasteiger partial charge < -0.3 is 10.1 Å². The Morgan fingerprint density at radius 2 is 2.00 bits per heavy atom. The number of ether oxygens (including phenoxy) is 1. The Bertz CT molecular complexity index is 440. The summed E-state index contributed by atoms with van der Waals surface area (Å²) >= 11 is 0. The molecule has 0 aliphatic heterocycles. The van der Waals surface area contributed by atoms with Crippen molar-refractivity contribution in [3.8, 4) is 0 Å². The van der Waals surface area contributed by atoms with Crippen LogP contribution in [0.15, 0.2) is 43.0 Å². The normalized spacial score (nSPS) is 14.2. The quantitative estimate of drug-likeness (QED) is 0.836.